The van der Waals surface area contributed by atoms with Gasteiger partial charge in [-0.2, -0.15) is 0 Å². The molecule has 21 heavy (non-hydrogen) atoms. The summed E-state index contributed by atoms with van der Waals surface area (Å²) < 4.78 is 15.0. The molecule has 0 aliphatic carbocycles. The number of hydrogen-bond donors (Lipinski definition) is 1. The Morgan fingerprint density at radius 1 is 1.19 bits per heavy atom. The van der Waals surface area contributed by atoms with E-state index in [1.807, 2.05) is 0 Å². The molecule has 1 aromatic carbocycles. The Kier molecular flexibility index (Phi) is 4.27. The van der Waals surface area contributed by atoms with Gasteiger partial charge in [-0.05, 0) is 37.3 Å². The lowest BCUT2D eigenvalue weighted by Gasteiger charge is -2.02. The standard InChI is InChI=1S/C15H14O6/c1-9-13(15(18)19-2)7-12(21-9)8-20-14(17)10-3-5-11(16)6-4-10/h3-7,16H,8H2,1-2H3. The van der Waals surface area contributed by atoms with E-state index in [4.69, 9.17) is 14.3 Å². The van der Waals surface area contributed by atoms with Crippen LogP contribution in [0.1, 0.15) is 32.2 Å². The summed E-state index contributed by atoms with van der Waals surface area (Å²) in [6, 6.07) is 7.16. The largest absolute Gasteiger partial charge is 0.508 e. The van der Waals surface area contributed by atoms with Gasteiger partial charge in [0, 0.05) is 0 Å². The fourth-order valence-electron chi connectivity index (χ4n) is 1.74. The normalized spacial score (nSPS) is 10.2. The third-order valence-corrected chi connectivity index (χ3v) is 2.82. The number of phenols is 1. The van der Waals surface area contributed by atoms with Gasteiger partial charge in [0.15, 0.2) is 0 Å². The Bertz CT molecular complexity index is 653. The first-order valence-electron chi connectivity index (χ1n) is 6.15. The van der Waals surface area contributed by atoms with E-state index in [2.05, 4.69) is 4.74 Å². The molecule has 0 saturated carbocycles. The number of benzene rings is 1. The summed E-state index contributed by atoms with van der Waals surface area (Å²) in [5, 5.41) is 9.14. The first-order valence-corrected chi connectivity index (χ1v) is 6.15. The summed E-state index contributed by atoms with van der Waals surface area (Å²) in [5.74, 6) is -0.246. The van der Waals surface area contributed by atoms with Crippen LogP contribution in [-0.4, -0.2) is 24.2 Å². The molecule has 2 aromatic rings. The molecule has 1 N–H and O–H groups in total. The number of furan rings is 1. The third kappa shape index (κ3) is 3.42. The quantitative estimate of drug-likeness (QED) is 0.870. The van der Waals surface area contributed by atoms with Crippen LogP contribution < -0.4 is 0 Å². The van der Waals surface area contributed by atoms with Crippen molar-refractivity contribution in [1.29, 1.82) is 0 Å². The maximum absolute atomic E-state index is 11.8. The van der Waals surface area contributed by atoms with E-state index in [-0.39, 0.29) is 12.4 Å². The van der Waals surface area contributed by atoms with Crippen LogP contribution in [0.5, 0.6) is 5.75 Å². The molecule has 0 amide bonds. The zero-order chi connectivity index (χ0) is 15.4. The van der Waals surface area contributed by atoms with E-state index in [1.54, 1.807) is 6.92 Å². The lowest BCUT2D eigenvalue weighted by atomic mass is 10.2. The maximum atomic E-state index is 11.8. The van der Waals surface area contributed by atoms with Gasteiger partial charge in [-0.3, -0.25) is 0 Å². The van der Waals surface area contributed by atoms with E-state index in [1.165, 1.54) is 37.4 Å². The predicted octanol–water partition coefficient (Wildman–Crippen LogP) is 2.44. The van der Waals surface area contributed by atoms with Crippen molar-refractivity contribution < 1.29 is 28.6 Å². The number of phenolic OH excluding ortho intramolecular Hbond substituents is 1. The van der Waals surface area contributed by atoms with Crippen LogP contribution in [0.25, 0.3) is 0 Å². The van der Waals surface area contributed by atoms with Gasteiger partial charge in [0.05, 0.1) is 12.7 Å². The molecule has 0 unspecified atom stereocenters. The zero-order valence-corrected chi connectivity index (χ0v) is 11.6. The SMILES string of the molecule is COC(=O)c1cc(COC(=O)c2ccc(O)cc2)oc1C. The summed E-state index contributed by atoms with van der Waals surface area (Å²) in [7, 11) is 1.28. The number of methoxy groups -OCH3 is 1. The van der Waals surface area contributed by atoms with Crippen molar-refractivity contribution in [2.24, 2.45) is 0 Å². The summed E-state index contributed by atoms with van der Waals surface area (Å²) in [6.07, 6.45) is 0. The lowest BCUT2D eigenvalue weighted by molar-refractivity contribution is 0.0444. The Labute approximate surface area is 120 Å². The third-order valence-electron chi connectivity index (χ3n) is 2.82. The molecule has 0 atom stereocenters. The number of aromatic hydroxyl groups is 1. The van der Waals surface area contributed by atoms with Gasteiger partial charge in [0.25, 0.3) is 0 Å². The van der Waals surface area contributed by atoms with Crippen LogP contribution in [-0.2, 0) is 16.1 Å². The van der Waals surface area contributed by atoms with Crippen LogP contribution in [0.3, 0.4) is 0 Å². The number of esters is 2. The highest BCUT2D eigenvalue weighted by molar-refractivity contribution is 5.91. The fourth-order valence-corrected chi connectivity index (χ4v) is 1.74. The molecule has 0 spiro atoms. The van der Waals surface area contributed by atoms with Crippen molar-refractivity contribution in [3.05, 3.63) is 53.0 Å². The number of aryl methyl sites for hydroxylation is 1. The molecule has 0 saturated heterocycles. The molecule has 6 nitrogen and oxygen atoms in total. The van der Waals surface area contributed by atoms with Crippen molar-refractivity contribution in [1.82, 2.24) is 0 Å². The van der Waals surface area contributed by atoms with Crippen molar-refractivity contribution >= 4 is 11.9 Å². The van der Waals surface area contributed by atoms with E-state index in [0.717, 1.165) is 0 Å². The van der Waals surface area contributed by atoms with E-state index < -0.39 is 11.9 Å². The zero-order valence-electron chi connectivity index (χ0n) is 11.6. The number of hydrogen-bond acceptors (Lipinski definition) is 6. The topological polar surface area (TPSA) is 86.0 Å². The highest BCUT2D eigenvalue weighted by atomic mass is 16.5. The highest BCUT2D eigenvalue weighted by Gasteiger charge is 2.16. The maximum Gasteiger partial charge on any atom is 0.341 e. The second kappa shape index (κ2) is 6.13. The molecule has 110 valence electrons. The number of carbonyl (C=O) groups is 2. The molecule has 0 aliphatic rings. The molecule has 0 fully saturated rings. The van der Waals surface area contributed by atoms with Gasteiger partial charge in [0.2, 0.25) is 0 Å². The summed E-state index contributed by atoms with van der Waals surface area (Å²) in [6.45, 7) is 1.52. The van der Waals surface area contributed by atoms with Crippen molar-refractivity contribution in [2.45, 2.75) is 13.5 Å². The van der Waals surface area contributed by atoms with Gasteiger partial charge in [-0.15, -0.1) is 0 Å². The molecular formula is C15H14O6. The lowest BCUT2D eigenvalue weighted by Crippen LogP contribution is -2.04. The van der Waals surface area contributed by atoms with Crippen LogP contribution in [0, 0.1) is 6.92 Å². The molecule has 1 heterocycles. The van der Waals surface area contributed by atoms with Crippen LogP contribution in [0.2, 0.25) is 0 Å². The molecule has 1 aromatic heterocycles. The average Bonchev–Trinajstić information content (AvgIpc) is 2.86. The van der Waals surface area contributed by atoms with E-state index in [0.29, 0.717) is 22.6 Å². The Morgan fingerprint density at radius 3 is 2.48 bits per heavy atom. The molecular weight excluding hydrogens is 276 g/mol. The molecule has 6 heteroatoms. The monoisotopic (exact) mass is 290 g/mol. The first kappa shape index (κ1) is 14.6. The van der Waals surface area contributed by atoms with E-state index in [9.17, 15) is 9.59 Å². The van der Waals surface area contributed by atoms with Crippen LogP contribution in [0.15, 0.2) is 34.7 Å². The molecule has 0 aliphatic heterocycles. The molecule has 0 bridgehead atoms. The molecule has 2 rings (SSSR count). The first-order chi connectivity index (χ1) is 10.0. The number of carbonyl (C=O) groups excluding carboxylic acids is 2. The average molecular weight is 290 g/mol. The Morgan fingerprint density at radius 2 is 1.86 bits per heavy atom. The van der Waals surface area contributed by atoms with Gasteiger partial charge in [-0.25, -0.2) is 9.59 Å². The minimum Gasteiger partial charge on any atom is -0.508 e. The Hall–Kier alpha value is -2.76. The minimum absolute atomic E-state index is 0.0657. The van der Waals surface area contributed by atoms with Crippen LogP contribution >= 0.6 is 0 Å². The molecule has 0 radical (unpaired) electrons. The summed E-state index contributed by atoms with van der Waals surface area (Å²) >= 11 is 0. The fraction of sp³-hybridized carbons (Fsp3) is 0.200. The van der Waals surface area contributed by atoms with Crippen molar-refractivity contribution in [2.75, 3.05) is 7.11 Å². The van der Waals surface area contributed by atoms with Crippen molar-refractivity contribution in [3.8, 4) is 5.75 Å². The minimum atomic E-state index is -0.552. The second-order valence-corrected chi connectivity index (χ2v) is 4.30. The smallest absolute Gasteiger partial charge is 0.341 e. The van der Waals surface area contributed by atoms with Gasteiger partial charge >= 0.3 is 11.9 Å². The highest BCUT2D eigenvalue weighted by Crippen LogP contribution is 2.17. The van der Waals surface area contributed by atoms with Gasteiger partial charge in [0.1, 0.15) is 29.4 Å². The van der Waals surface area contributed by atoms with Gasteiger partial charge in [-0.1, -0.05) is 0 Å². The van der Waals surface area contributed by atoms with Crippen molar-refractivity contribution in [3.63, 3.8) is 0 Å². The Balaban J connectivity index is 2.01. The van der Waals surface area contributed by atoms with Gasteiger partial charge < -0.3 is 19.0 Å². The number of ether oxygens (including phenoxy) is 2. The predicted molar refractivity (Wildman–Crippen MR) is 72.0 cm³/mol. The summed E-state index contributed by atoms with van der Waals surface area (Å²) in [5.41, 5.74) is 0.609. The van der Waals surface area contributed by atoms with E-state index >= 15 is 0 Å². The van der Waals surface area contributed by atoms with Crippen LogP contribution in [0.4, 0.5) is 0 Å². The summed E-state index contributed by atoms with van der Waals surface area (Å²) in [4.78, 5) is 23.2. The second-order valence-electron chi connectivity index (χ2n) is 4.30. The number of rotatable bonds is 4.